The molecule has 1 aliphatic carbocycles. The normalized spacial score (nSPS) is 22.1. The predicted octanol–water partition coefficient (Wildman–Crippen LogP) is 3.09. The van der Waals surface area contributed by atoms with E-state index in [1.165, 1.54) is 19.3 Å². The number of hydrogen-bond donors (Lipinski definition) is 0. The summed E-state index contributed by atoms with van der Waals surface area (Å²) in [6, 6.07) is 0. The first-order chi connectivity index (χ1) is 7.85. The van der Waals surface area contributed by atoms with Gasteiger partial charge in [0.05, 0.1) is 12.3 Å². The van der Waals surface area contributed by atoms with Crippen molar-refractivity contribution in [2.24, 2.45) is 5.92 Å². The first-order valence-electron chi connectivity index (χ1n) is 6.22. The summed E-state index contributed by atoms with van der Waals surface area (Å²) in [5, 5.41) is 0. The van der Waals surface area contributed by atoms with Crippen LogP contribution in [0.15, 0.2) is 36.8 Å². The van der Waals surface area contributed by atoms with E-state index in [1.807, 2.05) is 6.08 Å². The summed E-state index contributed by atoms with van der Waals surface area (Å²) in [4.78, 5) is 2.42. The molecular weight excluding hydrogens is 198 g/mol. The molecule has 2 nitrogen and oxygen atoms in total. The van der Waals surface area contributed by atoms with Crippen LogP contribution in [0.2, 0.25) is 0 Å². The maximum absolute atomic E-state index is 5.67. The highest BCUT2D eigenvalue weighted by molar-refractivity contribution is 5.27. The molecular formula is C14H21NO. The van der Waals surface area contributed by atoms with Crippen molar-refractivity contribution >= 4 is 0 Å². The predicted molar refractivity (Wildman–Crippen MR) is 66.9 cm³/mol. The van der Waals surface area contributed by atoms with E-state index in [4.69, 9.17) is 4.74 Å². The molecule has 1 fully saturated rings. The number of allylic oxidation sites excluding steroid dienone is 2. The average Bonchev–Trinajstić information content (AvgIpc) is 2.44. The van der Waals surface area contributed by atoms with Crippen LogP contribution >= 0.6 is 0 Å². The third-order valence-corrected chi connectivity index (χ3v) is 3.51. The van der Waals surface area contributed by atoms with Crippen molar-refractivity contribution in [2.45, 2.75) is 25.7 Å². The van der Waals surface area contributed by atoms with Crippen molar-refractivity contribution < 1.29 is 4.74 Å². The van der Waals surface area contributed by atoms with Crippen LogP contribution in [0.1, 0.15) is 25.7 Å². The fraction of sp³-hybridized carbons (Fsp3) is 0.571. The molecule has 0 spiro atoms. The molecule has 1 saturated carbocycles. The van der Waals surface area contributed by atoms with Gasteiger partial charge >= 0.3 is 0 Å². The van der Waals surface area contributed by atoms with Crippen LogP contribution < -0.4 is 0 Å². The largest absolute Gasteiger partial charge is 0.491 e. The zero-order valence-corrected chi connectivity index (χ0v) is 9.95. The second kappa shape index (κ2) is 5.24. The lowest BCUT2D eigenvalue weighted by molar-refractivity contribution is 0.212. The van der Waals surface area contributed by atoms with E-state index in [-0.39, 0.29) is 0 Å². The van der Waals surface area contributed by atoms with Crippen LogP contribution in [0.25, 0.3) is 0 Å². The van der Waals surface area contributed by atoms with E-state index in [0.29, 0.717) is 0 Å². The van der Waals surface area contributed by atoms with Crippen LogP contribution in [0.5, 0.6) is 0 Å². The highest BCUT2D eigenvalue weighted by Gasteiger charge is 2.23. The van der Waals surface area contributed by atoms with Crippen molar-refractivity contribution in [2.75, 3.05) is 19.7 Å². The van der Waals surface area contributed by atoms with Crippen molar-refractivity contribution in [3.8, 4) is 0 Å². The molecule has 1 heterocycles. The Morgan fingerprint density at radius 3 is 2.62 bits per heavy atom. The molecule has 2 aliphatic rings. The molecule has 2 heteroatoms. The molecule has 0 aromatic rings. The van der Waals surface area contributed by atoms with Crippen LogP contribution in [-0.4, -0.2) is 24.6 Å². The molecule has 16 heavy (non-hydrogen) atoms. The Morgan fingerprint density at radius 1 is 1.25 bits per heavy atom. The van der Waals surface area contributed by atoms with Gasteiger partial charge in [-0.3, -0.25) is 0 Å². The molecule has 0 aromatic carbocycles. The lowest BCUT2D eigenvalue weighted by Crippen LogP contribution is -2.32. The van der Waals surface area contributed by atoms with Crippen molar-refractivity contribution in [3.05, 3.63) is 36.8 Å². The van der Waals surface area contributed by atoms with Crippen molar-refractivity contribution in [1.82, 2.24) is 4.90 Å². The first kappa shape index (κ1) is 11.3. The molecule has 0 amide bonds. The third-order valence-electron chi connectivity index (χ3n) is 3.51. The second-order valence-corrected chi connectivity index (χ2v) is 4.60. The molecule has 0 aromatic heterocycles. The zero-order chi connectivity index (χ0) is 11.4. The van der Waals surface area contributed by atoms with E-state index >= 15 is 0 Å². The molecule has 0 bridgehead atoms. The lowest BCUT2D eigenvalue weighted by Gasteiger charge is -2.33. The van der Waals surface area contributed by atoms with Gasteiger partial charge in [0.25, 0.3) is 0 Å². The monoisotopic (exact) mass is 219 g/mol. The van der Waals surface area contributed by atoms with Crippen LogP contribution in [0.3, 0.4) is 0 Å². The first-order valence-corrected chi connectivity index (χ1v) is 6.22. The van der Waals surface area contributed by atoms with Gasteiger partial charge < -0.3 is 9.64 Å². The number of rotatable bonds is 4. The summed E-state index contributed by atoms with van der Waals surface area (Å²) in [6.07, 6.45) is 8.95. The fourth-order valence-electron chi connectivity index (χ4n) is 2.36. The molecule has 0 unspecified atom stereocenters. The van der Waals surface area contributed by atoms with Gasteiger partial charge in [-0.2, -0.15) is 0 Å². The Bertz CT molecular complexity index is 302. The van der Waals surface area contributed by atoms with E-state index in [2.05, 4.69) is 18.1 Å². The Kier molecular flexibility index (Phi) is 3.70. The minimum atomic E-state index is 0.792. The van der Waals surface area contributed by atoms with Gasteiger partial charge in [0.1, 0.15) is 5.76 Å². The summed E-state index contributed by atoms with van der Waals surface area (Å²) in [5.41, 5.74) is 1.12. The van der Waals surface area contributed by atoms with Crippen molar-refractivity contribution in [1.29, 1.82) is 0 Å². The summed E-state index contributed by atoms with van der Waals surface area (Å²) < 4.78 is 5.67. The minimum Gasteiger partial charge on any atom is -0.491 e. The van der Waals surface area contributed by atoms with E-state index < -0.39 is 0 Å². The van der Waals surface area contributed by atoms with Gasteiger partial charge in [0.15, 0.2) is 0 Å². The fourth-order valence-corrected chi connectivity index (χ4v) is 2.36. The number of nitrogens with zero attached hydrogens (tertiary/aromatic N) is 1. The maximum Gasteiger partial charge on any atom is 0.141 e. The van der Waals surface area contributed by atoms with E-state index in [1.54, 1.807) is 6.08 Å². The Hall–Kier alpha value is -1.18. The Morgan fingerprint density at radius 2 is 2.06 bits per heavy atom. The second-order valence-electron chi connectivity index (χ2n) is 4.60. The number of ether oxygens (including phenoxy) is 1. The smallest absolute Gasteiger partial charge is 0.141 e. The lowest BCUT2D eigenvalue weighted by atomic mass is 9.85. The van der Waals surface area contributed by atoms with Gasteiger partial charge in [-0.25, -0.2) is 0 Å². The van der Waals surface area contributed by atoms with Crippen LogP contribution in [0.4, 0.5) is 0 Å². The molecule has 0 saturated heterocycles. The van der Waals surface area contributed by atoms with Gasteiger partial charge in [0.2, 0.25) is 0 Å². The zero-order valence-electron chi connectivity index (χ0n) is 9.95. The molecule has 1 aliphatic heterocycles. The van der Waals surface area contributed by atoms with Gasteiger partial charge in [-0.1, -0.05) is 19.6 Å². The van der Waals surface area contributed by atoms with Crippen LogP contribution in [0, 0.1) is 5.92 Å². The highest BCUT2D eigenvalue weighted by Crippen LogP contribution is 2.29. The van der Waals surface area contributed by atoms with Gasteiger partial charge in [0, 0.05) is 13.1 Å². The summed E-state index contributed by atoms with van der Waals surface area (Å²) in [7, 11) is 0. The summed E-state index contributed by atoms with van der Waals surface area (Å²) in [5.74, 6) is 1.77. The molecule has 2 rings (SSSR count). The van der Waals surface area contributed by atoms with Gasteiger partial charge in [-0.05, 0) is 37.3 Å². The standard InChI is InChI=1S/C14H21NO/c1-3-13-14(4-2)16-10-6-9-15(13)11-12-7-5-8-12/h3-4,12H,1-2,5-11H2. The Labute approximate surface area is 98.3 Å². The average molecular weight is 219 g/mol. The molecule has 0 atom stereocenters. The minimum absolute atomic E-state index is 0.792. The number of hydrogen-bond acceptors (Lipinski definition) is 2. The topological polar surface area (TPSA) is 12.5 Å². The quantitative estimate of drug-likeness (QED) is 0.720. The molecule has 0 radical (unpaired) electrons. The SMILES string of the molecule is C=CC1=C(C=C)N(CC2CCC2)CCCO1. The van der Waals surface area contributed by atoms with Crippen molar-refractivity contribution in [3.63, 3.8) is 0 Å². The van der Waals surface area contributed by atoms with Crippen LogP contribution in [-0.2, 0) is 4.74 Å². The highest BCUT2D eigenvalue weighted by atomic mass is 16.5. The maximum atomic E-state index is 5.67. The van der Waals surface area contributed by atoms with Gasteiger partial charge in [-0.15, -0.1) is 0 Å². The summed E-state index contributed by atoms with van der Waals surface area (Å²) in [6.45, 7) is 10.7. The van der Waals surface area contributed by atoms with E-state index in [9.17, 15) is 0 Å². The van der Waals surface area contributed by atoms with E-state index in [0.717, 1.165) is 43.5 Å². The Balaban J connectivity index is 2.11. The third kappa shape index (κ3) is 2.31. The molecule has 88 valence electrons. The molecule has 0 N–H and O–H groups in total. The summed E-state index contributed by atoms with van der Waals surface area (Å²) >= 11 is 0.